The molecule has 2 aromatic carbocycles. The maximum Gasteiger partial charge on any atom is 0.250 e. The monoisotopic (exact) mass is 363 g/mol. The number of hydrogen-bond acceptors (Lipinski definition) is 4. The highest BCUT2D eigenvalue weighted by Gasteiger charge is 2.19. The Morgan fingerprint density at radius 3 is 2.76 bits per heavy atom. The standard InChI is InChI=1S/C16H12ClF2N5O/c1-9(16(25)20-12-5-6-14(19)13(17)8-12)24-22-15(21-23-24)10-3-2-4-11(18)7-10/h2-9H,1H3,(H,20,25)/t9-/m1/s1. The summed E-state index contributed by atoms with van der Waals surface area (Å²) in [5.74, 6) is -1.24. The van der Waals surface area contributed by atoms with Crippen LogP contribution in [0.2, 0.25) is 5.02 Å². The number of rotatable bonds is 4. The van der Waals surface area contributed by atoms with Crippen molar-refractivity contribution >= 4 is 23.2 Å². The van der Waals surface area contributed by atoms with Gasteiger partial charge >= 0.3 is 0 Å². The molecule has 3 rings (SSSR count). The second kappa shape index (κ2) is 6.94. The van der Waals surface area contributed by atoms with Crippen molar-refractivity contribution in [1.82, 2.24) is 20.2 Å². The van der Waals surface area contributed by atoms with Crippen LogP contribution in [0.25, 0.3) is 11.4 Å². The number of anilines is 1. The van der Waals surface area contributed by atoms with Gasteiger partial charge in [0.2, 0.25) is 5.82 Å². The van der Waals surface area contributed by atoms with Crippen molar-refractivity contribution < 1.29 is 13.6 Å². The summed E-state index contributed by atoms with van der Waals surface area (Å²) in [6.07, 6.45) is 0. The van der Waals surface area contributed by atoms with E-state index in [-0.39, 0.29) is 10.8 Å². The molecule has 1 aromatic heterocycles. The molecule has 0 saturated carbocycles. The number of halogens is 3. The molecule has 0 aliphatic carbocycles. The van der Waals surface area contributed by atoms with E-state index in [2.05, 4.69) is 20.7 Å². The van der Waals surface area contributed by atoms with E-state index in [1.807, 2.05) is 0 Å². The third-order valence-corrected chi connectivity index (χ3v) is 3.71. The highest BCUT2D eigenvalue weighted by molar-refractivity contribution is 6.31. The average Bonchev–Trinajstić information content (AvgIpc) is 3.07. The summed E-state index contributed by atoms with van der Waals surface area (Å²) in [5, 5.41) is 14.2. The number of carbonyl (C=O) groups excluding carboxylic acids is 1. The van der Waals surface area contributed by atoms with Crippen LogP contribution in [0.5, 0.6) is 0 Å². The van der Waals surface area contributed by atoms with Gasteiger partial charge in [-0.1, -0.05) is 23.7 Å². The Kier molecular flexibility index (Phi) is 4.71. The molecule has 3 aromatic rings. The van der Waals surface area contributed by atoms with Gasteiger partial charge in [-0.2, -0.15) is 4.80 Å². The summed E-state index contributed by atoms with van der Waals surface area (Å²) < 4.78 is 26.4. The molecule has 25 heavy (non-hydrogen) atoms. The Balaban J connectivity index is 1.75. The van der Waals surface area contributed by atoms with Crippen molar-refractivity contribution in [2.75, 3.05) is 5.32 Å². The fourth-order valence-electron chi connectivity index (χ4n) is 2.06. The molecule has 0 saturated heterocycles. The zero-order valence-electron chi connectivity index (χ0n) is 12.9. The van der Waals surface area contributed by atoms with E-state index in [1.165, 1.54) is 30.3 Å². The maximum absolute atomic E-state index is 13.3. The summed E-state index contributed by atoms with van der Waals surface area (Å²) in [6.45, 7) is 1.57. The molecule has 0 unspecified atom stereocenters. The van der Waals surface area contributed by atoms with Crippen molar-refractivity contribution in [3.8, 4) is 11.4 Å². The molecule has 0 aliphatic heterocycles. The lowest BCUT2D eigenvalue weighted by atomic mass is 10.2. The Bertz CT molecular complexity index is 930. The predicted molar refractivity (Wildman–Crippen MR) is 88.0 cm³/mol. The summed E-state index contributed by atoms with van der Waals surface area (Å²) in [5.41, 5.74) is 0.790. The van der Waals surface area contributed by atoms with E-state index in [1.54, 1.807) is 13.0 Å². The molecule has 0 fully saturated rings. The molecule has 6 nitrogen and oxygen atoms in total. The number of aromatic nitrogens is 4. The van der Waals surface area contributed by atoms with Crippen LogP contribution in [0.1, 0.15) is 13.0 Å². The van der Waals surface area contributed by atoms with Crippen LogP contribution in [0.15, 0.2) is 42.5 Å². The minimum absolute atomic E-state index is 0.0993. The summed E-state index contributed by atoms with van der Waals surface area (Å²) in [6, 6.07) is 8.78. The first-order chi connectivity index (χ1) is 11.9. The maximum atomic E-state index is 13.3. The van der Waals surface area contributed by atoms with E-state index in [4.69, 9.17) is 11.6 Å². The van der Waals surface area contributed by atoms with Gasteiger partial charge in [-0.3, -0.25) is 4.79 Å². The fourth-order valence-corrected chi connectivity index (χ4v) is 2.24. The Morgan fingerprint density at radius 2 is 2.04 bits per heavy atom. The molecule has 1 atom stereocenters. The van der Waals surface area contributed by atoms with Crippen molar-refractivity contribution in [3.63, 3.8) is 0 Å². The number of benzene rings is 2. The fraction of sp³-hybridized carbons (Fsp3) is 0.125. The van der Waals surface area contributed by atoms with Crippen LogP contribution in [-0.2, 0) is 4.79 Å². The van der Waals surface area contributed by atoms with Gasteiger partial charge in [0.25, 0.3) is 5.91 Å². The molecule has 1 amide bonds. The zero-order valence-corrected chi connectivity index (χ0v) is 13.7. The van der Waals surface area contributed by atoms with E-state index in [0.717, 1.165) is 10.9 Å². The lowest BCUT2D eigenvalue weighted by molar-refractivity contribution is -0.119. The predicted octanol–water partition coefficient (Wildman–Crippen LogP) is 3.47. The zero-order chi connectivity index (χ0) is 18.0. The van der Waals surface area contributed by atoms with Crippen LogP contribution in [0.4, 0.5) is 14.5 Å². The average molecular weight is 364 g/mol. The van der Waals surface area contributed by atoms with Crippen LogP contribution >= 0.6 is 11.6 Å². The smallest absolute Gasteiger partial charge is 0.250 e. The lowest BCUT2D eigenvalue weighted by Crippen LogP contribution is -2.25. The number of hydrogen-bond donors (Lipinski definition) is 1. The molecule has 0 bridgehead atoms. The molecule has 0 radical (unpaired) electrons. The Morgan fingerprint density at radius 1 is 1.24 bits per heavy atom. The van der Waals surface area contributed by atoms with Crippen LogP contribution in [0.3, 0.4) is 0 Å². The Hall–Kier alpha value is -2.87. The van der Waals surface area contributed by atoms with E-state index >= 15 is 0 Å². The summed E-state index contributed by atoms with van der Waals surface area (Å²) in [7, 11) is 0. The lowest BCUT2D eigenvalue weighted by Gasteiger charge is -2.11. The second-order valence-corrected chi connectivity index (χ2v) is 5.65. The van der Waals surface area contributed by atoms with Crippen molar-refractivity contribution in [2.45, 2.75) is 13.0 Å². The third kappa shape index (κ3) is 3.80. The largest absolute Gasteiger partial charge is 0.324 e. The van der Waals surface area contributed by atoms with E-state index in [0.29, 0.717) is 11.3 Å². The van der Waals surface area contributed by atoms with Crippen molar-refractivity contribution in [3.05, 3.63) is 59.1 Å². The molecule has 0 aliphatic rings. The quantitative estimate of drug-likeness (QED) is 0.770. The highest BCUT2D eigenvalue weighted by atomic mass is 35.5. The van der Waals surface area contributed by atoms with Gasteiger partial charge in [-0.25, -0.2) is 8.78 Å². The number of nitrogens with one attached hydrogen (secondary N) is 1. The SMILES string of the molecule is C[C@H](C(=O)Nc1ccc(F)c(Cl)c1)n1nnc(-c2cccc(F)c2)n1. The van der Waals surface area contributed by atoms with Crippen LogP contribution < -0.4 is 5.32 Å². The number of carbonyl (C=O) groups is 1. The van der Waals surface area contributed by atoms with E-state index in [9.17, 15) is 13.6 Å². The molecule has 128 valence electrons. The van der Waals surface area contributed by atoms with Gasteiger partial charge in [0.05, 0.1) is 5.02 Å². The van der Waals surface area contributed by atoms with Gasteiger partial charge in [0, 0.05) is 11.3 Å². The second-order valence-electron chi connectivity index (χ2n) is 5.24. The summed E-state index contributed by atoms with van der Waals surface area (Å²) in [4.78, 5) is 13.4. The number of tetrazole rings is 1. The normalized spacial score (nSPS) is 12.0. The van der Waals surface area contributed by atoms with Gasteiger partial charge < -0.3 is 5.32 Å². The molecule has 1 N–H and O–H groups in total. The molecule has 9 heteroatoms. The minimum atomic E-state index is -0.793. The molecule has 1 heterocycles. The Labute approximate surface area is 146 Å². The van der Waals surface area contributed by atoms with Gasteiger partial charge in [-0.15, -0.1) is 10.2 Å². The van der Waals surface area contributed by atoms with Gasteiger partial charge in [-0.05, 0) is 42.5 Å². The van der Waals surface area contributed by atoms with Crippen LogP contribution in [-0.4, -0.2) is 26.1 Å². The topological polar surface area (TPSA) is 72.7 Å². The minimum Gasteiger partial charge on any atom is -0.324 e. The van der Waals surface area contributed by atoms with Gasteiger partial charge in [0.1, 0.15) is 17.7 Å². The highest BCUT2D eigenvalue weighted by Crippen LogP contribution is 2.20. The van der Waals surface area contributed by atoms with Gasteiger partial charge in [0.15, 0.2) is 0 Å². The van der Waals surface area contributed by atoms with Crippen LogP contribution in [0, 0.1) is 11.6 Å². The first kappa shape index (κ1) is 17.0. The first-order valence-corrected chi connectivity index (χ1v) is 7.63. The summed E-state index contributed by atoms with van der Waals surface area (Å²) >= 11 is 5.68. The number of amides is 1. The molecule has 0 spiro atoms. The molecular weight excluding hydrogens is 352 g/mol. The molecular formula is C16H12ClF2N5O. The first-order valence-electron chi connectivity index (χ1n) is 7.25. The van der Waals surface area contributed by atoms with E-state index < -0.39 is 23.6 Å². The van der Waals surface area contributed by atoms with Crippen molar-refractivity contribution in [1.29, 1.82) is 0 Å². The third-order valence-electron chi connectivity index (χ3n) is 3.42. The van der Waals surface area contributed by atoms with Crippen molar-refractivity contribution in [2.24, 2.45) is 0 Å². The number of nitrogens with zero attached hydrogens (tertiary/aromatic N) is 4.